The minimum Gasteiger partial charge on any atom is -0.493 e. The maximum atomic E-state index is 12.2. The first-order valence-electron chi connectivity index (χ1n) is 6.61. The molecule has 0 atom stereocenters. The van der Waals surface area contributed by atoms with Gasteiger partial charge in [0.25, 0.3) is 0 Å². The van der Waals surface area contributed by atoms with Crippen molar-refractivity contribution < 1.29 is 19.4 Å². The number of rotatable bonds is 6. The van der Waals surface area contributed by atoms with Crippen molar-refractivity contribution in [3.63, 3.8) is 0 Å². The van der Waals surface area contributed by atoms with Crippen molar-refractivity contribution >= 4 is 23.4 Å². The van der Waals surface area contributed by atoms with Crippen LogP contribution in [0.4, 0.5) is 0 Å². The van der Waals surface area contributed by atoms with E-state index in [-0.39, 0.29) is 0 Å². The smallest absolute Gasteiger partial charge is 0.328 e. The molecule has 1 rings (SSSR count). The number of carbonyl (C=O) groups excluding carboxylic acids is 1. The Labute approximate surface area is 129 Å². The fraction of sp³-hybridized carbons (Fsp3) is 0.375. The molecule has 0 saturated carbocycles. The van der Waals surface area contributed by atoms with Gasteiger partial charge in [0.2, 0.25) is 0 Å². The number of halogens is 1. The summed E-state index contributed by atoms with van der Waals surface area (Å²) in [5.41, 5.74) is 1.71. The Morgan fingerprint density at radius 2 is 1.95 bits per heavy atom. The van der Waals surface area contributed by atoms with Gasteiger partial charge in [0.15, 0.2) is 5.78 Å². The molecule has 0 aliphatic rings. The van der Waals surface area contributed by atoms with Gasteiger partial charge >= 0.3 is 5.97 Å². The standard InChI is InChI=1S/C16H19ClO4/c1-9(2)8-21-13-7-10(3)16(17)11(4)15(13)12(18)5-6-14(19)20/h5-7,9H,8H2,1-4H3,(H,19,20)/b6-5+. The normalized spacial score (nSPS) is 11.1. The summed E-state index contributed by atoms with van der Waals surface area (Å²) >= 11 is 6.18. The lowest BCUT2D eigenvalue weighted by Crippen LogP contribution is -2.10. The van der Waals surface area contributed by atoms with Crippen LogP contribution >= 0.6 is 11.6 Å². The highest BCUT2D eigenvalue weighted by molar-refractivity contribution is 6.33. The molecule has 0 fully saturated rings. The quantitative estimate of drug-likeness (QED) is 0.641. The number of hydrogen-bond donors (Lipinski definition) is 1. The molecule has 1 aromatic carbocycles. The highest BCUT2D eigenvalue weighted by Crippen LogP contribution is 2.32. The number of carbonyl (C=O) groups is 2. The van der Waals surface area contributed by atoms with Crippen LogP contribution in [-0.2, 0) is 4.79 Å². The van der Waals surface area contributed by atoms with Crippen LogP contribution in [0.1, 0.15) is 35.3 Å². The fourth-order valence-corrected chi connectivity index (χ4v) is 1.98. The van der Waals surface area contributed by atoms with Gasteiger partial charge in [0.1, 0.15) is 5.75 Å². The van der Waals surface area contributed by atoms with Crippen LogP contribution in [0.25, 0.3) is 0 Å². The van der Waals surface area contributed by atoms with Crippen LogP contribution in [0.5, 0.6) is 5.75 Å². The van der Waals surface area contributed by atoms with Gasteiger partial charge in [-0.1, -0.05) is 25.4 Å². The molecule has 0 radical (unpaired) electrons. The lowest BCUT2D eigenvalue weighted by molar-refractivity contribution is -0.131. The number of ether oxygens (including phenoxy) is 1. The Hall–Kier alpha value is -1.81. The zero-order valence-corrected chi connectivity index (χ0v) is 13.3. The van der Waals surface area contributed by atoms with Crippen LogP contribution in [0, 0.1) is 19.8 Å². The van der Waals surface area contributed by atoms with Crippen LogP contribution in [-0.4, -0.2) is 23.5 Å². The number of ketones is 1. The average Bonchev–Trinajstić information content (AvgIpc) is 2.39. The van der Waals surface area contributed by atoms with E-state index >= 15 is 0 Å². The second kappa shape index (κ2) is 7.27. The highest BCUT2D eigenvalue weighted by atomic mass is 35.5. The fourth-order valence-electron chi connectivity index (χ4n) is 1.83. The van der Waals surface area contributed by atoms with E-state index in [1.165, 1.54) is 0 Å². The predicted molar refractivity (Wildman–Crippen MR) is 82.4 cm³/mol. The Kier molecular flexibility index (Phi) is 5.97. The summed E-state index contributed by atoms with van der Waals surface area (Å²) in [5, 5.41) is 9.11. The molecule has 1 N–H and O–H groups in total. The summed E-state index contributed by atoms with van der Waals surface area (Å²) in [6.45, 7) is 8.02. The Morgan fingerprint density at radius 3 is 2.48 bits per heavy atom. The van der Waals surface area contributed by atoms with E-state index in [4.69, 9.17) is 21.4 Å². The number of carboxylic acid groups (broad SMARTS) is 1. The Morgan fingerprint density at radius 1 is 1.33 bits per heavy atom. The van der Waals surface area contributed by atoms with Gasteiger partial charge in [-0.2, -0.15) is 0 Å². The minimum absolute atomic E-state index is 0.304. The SMILES string of the molecule is Cc1cc(OCC(C)C)c(C(=O)/C=C/C(=O)O)c(C)c1Cl. The molecule has 0 spiro atoms. The van der Waals surface area contributed by atoms with E-state index in [1.807, 2.05) is 20.8 Å². The van der Waals surface area contributed by atoms with Crippen molar-refractivity contribution in [2.45, 2.75) is 27.7 Å². The molecule has 4 nitrogen and oxygen atoms in total. The molecular formula is C16H19ClO4. The molecule has 0 heterocycles. The summed E-state index contributed by atoms with van der Waals surface area (Å²) < 4.78 is 5.68. The number of hydrogen-bond acceptors (Lipinski definition) is 3. The van der Waals surface area contributed by atoms with Crippen LogP contribution in [0.2, 0.25) is 5.02 Å². The average molecular weight is 311 g/mol. The molecule has 1 aromatic rings. The van der Waals surface area contributed by atoms with Crippen molar-refractivity contribution in [1.82, 2.24) is 0 Å². The third-order valence-electron chi connectivity index (χ3n) is 2.84. The maximum Gasteiger partial charge on any atom is 0.328 e. The molecule has 0 amide bonds. The van der Waals surface area contributed by atoms with E-state index in [0.29, 0.717) is 34.4 Å². The van der Waals surface area contributed by atoms with E-state index < -0.39 is 11.8 Å². The lowest BCUT2D eigenvalue weighted by Gasteiger charge is -2.16. The van der Waals surface area contributed by atoms with Crippen molar-refractivity contribution in [2.24, 2.45) is 5.92 Å². The molecule has 21 heavy (non-hydrogen) atoms. The second-order valence-electron chi connectivity index (χ2n) is 5.25. The molecular weight excluding hydrogens is 292 g/mol. The summed E-state index contributed by atoms with van der Waals surface area (Å²) in [5.74, 6) is -0.874. The number of aryl methyl sites for hydroxylation is 1. The summed E-state index contributed by atoms with van der Waals surface area (Å²) in [6.07, 6.45) is 1.82. The third kappa shape index (κ3) is 4.60. The first-order chi connectivity index (χ1) is 9.73. The third-order valence-corrected chi connectivity index (χ3v) is 3.42. The Bertz CT molecular complexity index is 588. The second-order valence-corrected chi connectivity index (χ2v) is 5.62. The van der Waals surface area contributed by atoms with E-state index in [9.17, 15) is 9.59 Å². The number of allylic oxidation sites excluding steroid dienone is 1. The van der Waals surface area contributed by atoms with E-state index in [0.717, 1.165) is 17.7 Å². The largest absolute Gasteiger partial charge is 0.493 e. The van der Waals surface area contributed by atoms with Gasteiger partial charge < -0.3 is 9.84 Å². The van der Waals surface area contributed by atoms with Gasteiger partial charge in [0, 0.05) is 11.1 Å². The van der Waals surface area contributed by atoms with Gasteiger partial charge in [-0.05, 0) is 43.0 Å². The first kappa shape index (κ1) is 17.2. The van der Waals surface area contributed by atoms with Crippen molar-refractivity contribution in [2.75, 3.05) is 6.61 Å². The molecule has 0 aliphatic heterocycles. The topological polar surface area (TPSA) is 63.6 Å². The Balaban J connectivity index is 3.29. The molecule has 5 heteroatoms. The molecule has 0 aliphatic carbocycles. The highest BCUT2D eigenvalue weighted by Gasteiger charge is 2.18. The zero-order chi connectivity index (χ0) is 16.2. The summed E-state index contributed by atoms with van der Waals surface area (Å²) in [4.78, 5) is 22.8. The van der Waals surface area contributed by atoms with Crippen LogP contribution in [0.15, 0.2) is 18.2 Å². The van der Waals surface area contributed by atoms with Crippen molar-refractivity contribution in [1.29, 1.82) is 0 Å². The summed E-state index contributed by atoms with van der Waals surface area (Å²) in [7, 11) is 0. The van der Waals surface area contributed by atoms with Gasteiger partial charge in [-0.25, -0.2) is 4.79 Å². The number of carboxylic acids is 1. The molecule has 0 saturated heterocycles. The van der Waals surface area contributed by atoms with Crippen LogP contribution in [0.3, 0.4) is 0 Å². The number of aliphatic carboxylic acids is 1. The predicted octanol–water partition coefficient (Wildman–Crippen LogP) is 3.82. The molecule has 0 aromatic heterocycles. The maximum absolute atomic E-state index is 12.2. The van der Waals surface area contributed by atoms with E-state index in [2.05, 4.69) is 0 Å². The van der Waals surface area contributed by atoms with Crippen molar-refractivity contribution in [3.8, 4) is 5.75 Å². The first-order valence-corrected chi connectivity index (χ1v) is 6.99. The minimum atomic E-state index is -1.18. The van der Waals surface area contributed by atoms with Gasteiger partial charge in [-0.3, -0.25) is 4.79 Å². The molecule has 114 valence electrons. The monoisotopic (exact) mass is 310 g/mol. The van der Waals surface area contributed by atoms with Crippen LogP contribution < -0.4 is 4.74 Å². The van der Waals surface area contributed by atoms with Crippen molar-refractivity contribution in [3.05, 3.63) is 39.9 Å². The summed E-state index contributed by atoms with van der Waals surface area (Å²) in [6, 6.07) is 1.71. The molecule has 0 unspecified atom stereocenters. The molecule has 0 bridgehead atoms. The van der Waals surface area contributed by atoms with Gasteiger partial charge in [0.05, 0.1) is 12.2 Å². The van der Waals surface area contributed by atoms with E-state index in [1.54, 1.807) is 13.0 Å². The zero-order valence-electron chi connectivity index (χ0n) is 12.6. The van der Waals surface area contributed by atoms with Gasteiger partial charge in [-0.15, -0.1) is 0 Å². The lowest BCUT2D eigenvalue weighted by atomic mass is 10.00. The number of benzene rings is 1.